The minimum absolute atomic E-state index is 0.0260. The van der Waals surface area contributed by atoms with Gasteiger partial charge in [0.25, 0.3) is 29.5 Å². The summed E-state index contributed by atoms with van der Waals surface area (Å²) in [5.41, 5.74) is 11.5. The molecular formula is C45H53N9O13. The number of nitrogens with one attached hydrogen (secondary N) is 7. The Labute approximate surface area is 385 Å². The molecule has 0 aromatic heterocycles. The molecule has 4 aromatic rings. The van der Waals surface area contributed by atoms with Crippen LogP contribution in [-0.2, 0) is 14.4 Å². The Kier molecular flexibility index (Phi) is 19.3. The second-order valence-electron chi connectivity index (χ2n) is 14.2. The zero-order valence-electron chi connectivity index (χ0n) is 37.5. The van der Waals surface area contributed by atoms with Crippen molar-refractivity contribution in [1.29, 1.82) is 0 Å². The summed E-state index contributed by atoms with van der Waals surface area (Å²) in [6.45, 7) is -0.590. The Hall–Kier alpha value is -8.40. The van der Waals surface area contributed by atoms with E-state index in [2.05, 4.69) is 37.2 Å². The van der Waals surface area contributed by atoms with Crippen LogP contribution in [0.2, 0.25) is 0 Å². The van der Waals surface area contributed by atoms with E-state index >= 15 is 0 Å². The van der Waals surface area contributed by atoms with Gasteiger partial charge in [-0.25, -0.2) is 0 Å². The second-order valence-corrected chi connectivity index (χ2v) is 14.2. The van der Waals surface area contributed by atoms with Crippen LogP contribution in [0.1, 0.15) is 71.1 Å². The summed E-state index contributed by atoms with van der Waals surface area (Å²) in [5.74, 6) is -4.66. The van der Waals surface area contributed by atoms with E-state index in [0.717, 1.165) is 12.8 Å². The largest absolute Gasteiger partial charge is 0.496 e. The maximum absolute atomic E-state index is 13.3. The van der Waals surface area contributed by atoms with E-state index in [1.165, 1.54) is 102 Å². The van der Waals surface area contributed by atoms with Crippen LogP contribution in [-0.4, -0.2) is 116 Å². The van der Waals surface area contributed by atoms with Gasteiger partial charge in [-0.2, -0.15) is 0 Å². The molecule has 0 saturated carbocycles. The number of ether oxygens (including phenoxy) is 5. The van der Waals surface area contributed by atoms with Crippen LogP contribution in [0, 0.1) is 0 Å². The maximum Gasteiger partial charge on any atom is 0.255 e. The standard InChI is InChI=1S/C45H53N9O13/c1-63-33-12-9-25(17-28(33)41(47)58)52-38(55)22-49-43(60)29-18-26(10-13-34(29)64-2)53-39(56)23-50-44(61)30-19-27(11-14-35(30)65-3)54-40(57)24-51-45(62)32-20-31(36(66-4)21-37(32)67-5)42(59)48-16-8-6-7-15-46/h9-14,17-21H,6-8,15-16,22-24,46H2,1-5H3,(H2,47,58)(H,48,59)(H,49,60)(H,50,61)(H,51,62)(H,52,55)(H,53,56)(H,54,57). The molecule has 8 amide bonds. The van der Waals surface area contributed by atoms with Crippen LogP contribution >= 0.6 is 0 Å². The van der Waals surface area contributed by atoms with Crippen molar-refractivity contribution in [2.24, 2.45) is 11.5 Å². The Morgan fingerprint density at radius 2 is 0.761 bits per heavy atom. The fourth-order valence-corrected chi connectivity index (χ4v) is 6.28. The first kappa shape index (κ1) is 51.2. The van der Waals surface area contributed by atoms with Crippen LogP contribution in [0.5, 0.6) is 28.7 Å². The molecule has 67 heavy (non-hydrogen) atoms. The fraction of sp³-hybridized carbons (Fsp3) is 0.289. The van der Waals surface area contributed by atoms with Gasteiger partial charge >= 0.3 is 0 Å². The van der Waals surface area contributed by atoms with Gasteiger partial charge in [0.1, 0.15) is 28.7 Å². The van der Waals surface area contributed by atoms with Crippen molar-refractivity contribution >= 4 is 64.3 Å². The quantitative estimate of drug-likeness (QED) is 0.0453. The number of unbranched alkanes of at least 4 members (excludes halogenated alkanes) is 2. The number of carbonyl (C=O) groups excluding carboxylic acids is 8. The van der Waals surface area contributed by atoms with Gasteiger partial charge in [0.05, 0.1) is 83.0 Å². The van der Waals surface area contributed by atoms with Gasteiger partial charge in [0.2, 0.25) is 17.7 Å². The SMILES string of the molecule is COc1ccc(NC(=O)CNC(=O)c2cc(NC(=O)CNC(=O)c3cc(NC(=O)CNC(=O)c4cc(C(=O)NCCCCCN)c(OC)cc4OC)ccc3OC)ccc2OC)cc1C(N)=O. The third-order valence-electron chi connectivity index (χ3n) is 9.61. The van der Waals surface area contributed by atoms with E-state index in [-0.39, 0.29) is 73.6 Å². The van der Waals surface area contributed by atoms with E-state index in [0.29, 0.717) is 19.5 Å². The number of hydrogen-bond donors (Lipinski definition) is 9. The lowest BCUT2D eigenvalue weighted by atomic mass is 10.1. The van der Waals surface area contributed by atoms with Crippen molar-refractivity contribution in [3.63, 3.8) is 0 Å². The zero-order chi connectivity index (χ0) is 49.0. The molecule has 0 aliphatic heterocycles. The summed E-state index contributed by atoms with van der Waals surface area (Å²) in [4.78, 5) is 103. The molecule has 0 aliphatic rings. The van der Waals surface area contributed by atoms with Gasteiger partial charge in [0, 0.05) is 29.7 Å². The second kappa shape index (κ2) is 25.2. The van der Waals surface area contributed by atoms with Crippen molar-refractivity contribution in [2.45, 2.75) is 19.3 Å². The highest BCUT2D eigenvalue weighted by Gasteiger charge is 2.23. The molecule has 356 valence electrons. The Bertz CT molecular complexity index is 2500. The van der Waals surface area contributed by atoms with Crippen molar-refractivity contribution in [3.8, 4) is 28.7 Å². The monoisotopic (exact) mass is 927 g/mol. The summed E-state index contributed by atoms with van der Waals surface area (Å²) in [5, 5.41) is 17.9. The molecule has 4 rings (SSSR count). The first-order valence-corrected chi connectivity index (χ1v) is 20.5. The number of benzene rings is 4. The van der Waals surface area contributed by atoms with Crippen molar-refractivity contribution in [2.75, 3.05) is 84.2 Å². The molecule has 0 unspecified atom stereocenters. The number of rotatable bonds is 24. The van der Waals surface area contributed by atoms with E-state index in [9.17, 15) is 38.4 Å². The van der Waals surface area contributed by atoms with Crippen molar-refractivity contribution in [1.82, 2.24) is 21.3 Å². The summed E-state index contributed by atoms with van der Waals surface area (Å²) in [6, 6.07) is 15.3. The molecule has 0 radical (unpaired) electrons. The Morgan fingerprint density at radius 1 is 0.418 bits per heavy atom. The van der Waals surface area contributed by atoms with Gasteiger partial charge in [-0.3, -0.25) is 38.4 Å². The number of carbonyl (C=O) groups is 8. The molecule has 0 atom stereocenters. The zero-order valence-corrected chi connectivity index (χ0v) is 37.5. The third kappa shape index (κ3) is 14.6. The van der Waals surface area contributed by atoms with Gasteiger partial charge in [-0.1, -0.05) is 6.42 Å². The highest BCUT2D eigenvalue weighted by Crippen LogP contribution is 2.30. The van der Waals surface area contributed by atoms with Crippen LogP contribution < -0.4 is 72.4 Å². The average Bonchev–Trinajstić information content (AvgIpc) is 3.33. The minimum atomic E-state index is -0.766. The predicted octanol–water partition coefficient (Wildman–Crippen LogP) is 1.79. The molecule has 22 nitrogen and oxygen atoms in total. The van der Waals surface area contributed by atoms with E-state index in [1.807, 2.05) is 0 Å². The molecule has 0 spiro atoms. The molecule has 0 fully saturated rings. The first-order valence-electron chi connectivity index (χ1n) is 20.5. The fourth-order valence-electron chi connectivity index (χ4n) is 6.28. The highest BCUT2D eigenvalue weighted by atomic mass is 16.5. The summed E-state index contributed by atoms with van der Waals surface area (Å²) in [6.07, 6.45) is 2.37. The van der Waals surface area contributed by atoms with Gasteiger partial charge in [-0.15, -0.1) is 0 Å². The molecule has 22 heteroatoms. The number of nitrogens with two attached hydrogens (primary N) is 2. The van der Waals surface area contributed by atoms with E-state index in [1.54, 1.807) is 0 Å². The predicted molar refractivity (Wildman–Crippen MR) is 245 cm³/mol. The summed E-state index contributed by atoms with van der Waals surface area (Å²) in [7, 11) is 6.72. The molecular weight excluding hydrogens is 875 g/mol. The lowest BCUT2D eigenvalue weighted by molar-refractivity contribution is -0.116. The maximum atomic E-state index is 13.3. The molecule has 11 N–H and O–H groups in total. The van der Waals surface area contributed by atoms with Crippen LogP contribution in [0.15, 0.2) is 66.7 Å². The van der Waals surface area contributed by atoms with E-state index < -0.39 is 66.9 Å². The number of methoxy groups -OCH3 is 5. The van der Waals surface area contributed by atoms with Crippen molar-refractivity contribution < 1.29 is 62.0 Å². The van der Waals surface area contributed by atoms with Crippen LogP contribution in [0.25, 0.3) is 0 Å². The lowest BCUT2D eigenvalue weighted by Crippen LogP contribution is -2.34. The van der Waals surface area contributed by atoms with E-state index in [4.69, 9.17) is 35.2 Å². The number of amides is 8. The summed E-state index contributed by atoms with van der Waals surface area (Å²) >= 11 is 0. The van der Waals surface area contributed by atoms with Crippen LogP contribution in [0.4, 0.5) is 17.1 Å². The molecule has 0 saturated heterocycles. The van der Waals surface area contributed by atoms with Gasteiger partial charge < -0.3 is 72.4 Å². The molecule has 0 bridgehead atoms. The Balaban J connectivity index is 1.33. The summed E-state index contributed by atoms with van der Waals surface area (Å²) < 4.78 is 26.4. The molecule has 0 aliphatic carbocycles. The number of anilines is 3. The number of primary amides is 1. The first-order chi connectivity index (χ1) is 32.2. The smallest absolute Gasteiger partial charge is 0.255 e. The molecule has 0 heterocycles. The topological polar surface area (TPSA) is 319 Å². The normalized spacial score (nSPS) is 10.4. The number of hydrogen-bond acceptors (Lipinski definition) is 14. The van der Waals surface area contributed by atoms with Gasteiger partial charge in [0.15, 0.2) is 0 Å². The van der Waals surface area contributed by atoms with Crippen LogP contribution in [0.3, 0.4) is 0 Å². The minimum Gasteiger partial charge on any atom is -0.496 e. The molecule has 4 aromatic carbocycles. The third-order valence-corrected chi connectivity index (χ3v) is 9.61. The highest BCUT2D eigenvalue weighted by molar-refractivity contribution is 6.07. The average molecular weight is 928 g/mol. The van der Waals surface area contributed by atoms with Gasteiger partial charge in [-0.05, 0) is 80.1 Å². The lowest BCUT2D eigenvalue weighted by Gasteiger charge is -2.15. The Morgan fingerprint density at radius 3 is 1.12 bits per heavy atom. The van der Waals surface area contributed by atoms with Crippen molar-refractivity contribution in [3.05, 3.63) is 94.5 Å².